The molecule has 2 aliphatic rings. The number of halogens is 1. The van der Waals surface area contributed by atoms with Crippen LogP contribution in [0.4, 0.5) is 15.8 Å². The number of aliphatic hydroxyl groups is 1. The third kappa shape index (κ3) is 3.95. The second kappa shape index (κ2) is 8.57. The summed E-state index contributed by atoms with van der Waals surface area (Å²) in [5, 5.41) is 12.0. The normalized spacial score (nSPS) is 18.1. The highest BCUT2D eigenvalue weighted by atomic mass is 19.1. The van der Waals surface area contributed by atoms with Crippen molar-refractivity contribution in [3.05, 3.63) is 35.3 Å². The topological polar surface area (TPSA) is 85.4 Å². The van der Waals surface area contributed by atoms with Crippen molar-refractivity contribution in [2.75, 3.05) is 70.2 Å². The molecule has 1 aromatic carbocycles. The van der Waals surface area contributed by atoms with Gasteiger partial charge in [-0.05, 0) is 19.2 Å². The molecular weight excluding hydrogens is 367 g/mol. The Morgan fingerprint density at radius 1 is 1.29 bits per heavy atom. The van der Waals surface area contributed by atoms with Crippen molar-refractivity contribution >= 4 is 23.3 Å². The number of esters is 1. The SMILES string of the molecule is COC(=O)C1=C(Nc2c(F)cccc2N2CCN(C)CC2)C(=O)N(CCO)C1. The van der Waals surface area contributed by atoms with Crippen LogP contribution in [0.2, 0.25) is 0 Å². The van der Waals surface area contributed by atoms with Crippen LogP contribution in [-0.2, 0) is 14.3 Å². The van der Waals surface area contributed by atoms with Gasteiger partial charge in [-0.1, -0.05) is 6.07 Å². The van der Waals surface area contributed by atoms with E-state index >= 15 is 0 Å². The van der Waals surface area contributed by atoms with Crippen LogP contribution < -0.4 is 10.2 Å². The monoisotopic (exact) mass is 392 g/mol. The molecule has 0 bridgehead atoms. The van der Waals surface area contributed by atoms with Gasteiger partial charge in [0.1, 0.15) is 11.5 Å². The molecule has 0 unspecified atom stereocenters. The molecule has 1 fully saturated rings. The highest BCUT2D eigenvalue weighted by Crippen LogP contribution is 2.33. The number of ether oxygens (including phenoxy) is 1. The number of rotatable bonds is 6. The largest absolute Gasteiger partial charge is 0.466 e. The minimum atomic E-state index is -0.659. The molecule has 0 aromatic heterocycles. The minimum absolute atomic E-state index is 0.00664. The molecular formula is C19H25FN4O4. The molecule has 152 valence electrons. The van der Waals surface area contributed by atoms with E-state index in [1.165, 1.54) is 18.1 Å². The number of nitrogens with one attached hydrogen (secondary N) is 1. The van der Waals surface area contributed by atoms with Gasteiger partial charge in [0.15, 0.2) is 0 Å². The lowest BCUT2D eigenvalue weighted by Gasteiger charge is -2.35. The fourth-order valence-electron chi connectivity index (χ4n) is 3.42. The van der Waals surface area contributed by atoms with E-state index in [-0.39, 0.29) is 36.7 Å². The summed E-state index contributed by atoms with van der Waals surface area (Å²) in [6, 6.07) is 4.73. The third-order valence-electron chi connectivity index (χ3n) is 5.04. The maximum absolute atomic E-state index is 14.7. The number of benzene rings is 1. The molecule has 1 saturated heterocycles. The van der Waals surface area contributed by atoms with E-state index in [1.807, 2.05) is 7.05 Å². The molecule has 8 nitrogen and oxygen atoms in total. The molecule has 2 aliphatic heterocycles. The number of β-amino-alcohol motifs (C(OH)–C–C–N with tert-alkyl or cyclic N) is 1. The Bertz CT molecular complexity index is 790. The zero-order chi connectivity index (χ0) is 20.3. The van der Waals surface area contributed by atoms with Gasteiger partial charge in [-0.3, -0.25) is 4.79 Å². The van der Waals surface area contributed by atoms with E-state index in [0.717, 1.165) is 26.2 Å². The van der Waals surface area contributed by atoms with Gasteiger partial charge in [-0.15, -0.1) is 0 Å². The number of methoxy groups -OCH3 is 1. The van der Waals surface area contributed by atoms with Gasteiger partial charge in [-0.2, -0.15) is 0 Å². The van der Waals surface area contributed by atoms with Crippen LogP contribution in [0.15, 0.2) is 29.5 Å². The Morgan fingerprint density at radius 2 is 2.00 bits per heavy atom. The lowest BCUT2D eigenvalue weighted by atomic mass is 10.1. The maximum atomic E-state index is 14.7. The van der Waals surface area contributed by atoms with Crippen LogP contribution in [0.25, 0.3) is 0 Å². The van der Waals surface area contributed by atoms with E-state index in [0.29, 0.717) is 5.69 Å². The number of likely N-dealkylation sites (N-methyl/N-ethyl adjacent to an activating group) is 1. The summed E-state index contributed by atoms with van der Waals surface area (Å²) in [6.45, 7) is 2.98. The van der Waals surface area contributed by atoms with Crippen LogP contribution in [0.5, 0.6) is 0 Å². The number of hydrogen-bond acceptors (Lipinski definition) is 7. The van der Waals surface area contributed by atoms with E-state index in [1.54, 1.807) is 12.1 Å². The summed E-state index contributed by atoms with van der Waals surface area (Å²) in [5.74, 6) is -1.64. The number of amides is 1. The first kappa shape index (κ1) is 20.1. The van der Waals surface area contributed by atoms with Gasteiger partial charge in [0.05, 0.1) is 37.2 Å². The number of hydrogen-bond donors (Lipinski definition) is 2. The van der Waals surface area contributed by atoms with Crippen molar-refractivity contribution in [2.45, 2.75) is 0 Å². The van der Waals surface area contributed by atoms with Crippen molar-refractivity contribution in [2.24, 2.45) is 0 Å². The molecule has 1 aromatic rings. The van der Waals surface area contributed by atoms with Crippen LogP contribution in [0.1, 0.15) is 0 Å². The van der Waals surface area contributed by atoms with Gasteiger partial charge in [0, 0.05) is 32.7 Å². The Balaban J connectivity index is 1.95. The molecule has 0 saturated carbocycles. The molecule has 28 heavy (non-hydrogen) atoms. The first-order valence-corrected chi connectivity index (χ1v) is 9.17. The molecule has 2 N–H and O–H groups in total. The van der Waals surface area contributed by atoms with E-state index in [4.69, 9.17) is 9.84 Å². The van der Waals surface area contributed by atoms with E-state index in [9.17, 15) is 14.0 Å². The molecule has 0 atom stereocenters. The van der Waals surface area contributed by atoms with Crippen molar-refractivity contribution in [1.82, 2.24) is 9.80 Å². The zero-order valence-corrected chi connectivity index (χ0v) is 16.1. The highest BCUT2D eigenvalue weighted by Gasteiger charge is 2.35. The molecule has 0 aliphatic carbocycles. The maximum Gasteiger partial charge on any atom is 0.337 e. The summed E-state index contributed by atoms with van der Waals surface area (Å²) in [6.07, 6.45) is 0. The number of anilines is 2. The zero-order valence-electron chi connectivity index (χ0n) is 16.1. The van der Waals surface area contributed by atoms with Crippen LogP contribution in [0, 0.1) is 5.82 Å². The van der Waals surface area contributed by atoms with Crippen molar-refractivity contribution < 1.29 is 23.8 Å². The standard InChI is InChI=1S/C19H25FN4O4/c1-22-6-8-23(9-7-22)15-5-3-4-14(20)17(15)21-16-13(19(27)28-2)12-24(10-11-25)18(16)26/h3-5,21,25H,6-12H2,1-2H3. The third-order valence-corrected chi connectivity index (χ3v) is 5.04. The van der Waals surface area contributed by atoms with Crippen molar-refractivity contribution in [3.63, 3.8) is 0 Å². The Labute approximate surface area is 163 Å². The summed E-state index contributed by atoms with van der Waals surface area (Å²) in [5.41, 5.74) is 0.898. The Morgan fingerprint density at radius 3 is 2.64 bits per heavy atom. The summed E-state index contributed by atoms with van der Waals surface area (Å²) in [4.78, 5) is 30.4. The Kier molecular flexibility index (Phi) is 6.15. The average molecular weight is 392 g/mol. The highest BCUT2D eigenvalue weighted by molar-refractivity contribution is 6.09. The number of aliphatic hydroxyl groups excluding tert-OH is 1. The van der Waals surface area contributed by atoms with Gasteiger partial charge in [0.25, 0.3) is 5.91 Å². The van der Waals surface area contributed by atoms with Crippen LogP contribution >= 0.6 is 0 Å². The summed E-state index contributed by atoms with van der Waals surface area (Å²) in [7, 11) is 3.26. The lowest BCUT2D eigenvalue weighted by Crippen LogP contribution is -2.44. The second-order valence-corrected chi connectivity index (χ2v) is 6.84. The number of nitrogens with zero attached hydrogens (tertiary/aromatic N) is 3. The molecule has 1 amide bonds. The molecule has 0 spiro atoms. The summed E-state index contributed by atoms with van der Waals surface area (Å²) >= 11 is 0. The average Bonchev–Trinajstić information content (AvgIpc) is 3.00. The second-order valence-electron chi connectivity index (χ2n) is 6.84. The number of carbonyl (C=O) groups is 2. The first-order valence-electron chi connectivity index (χ1n) is 9.17. The lowest BCUT2D eigenvalue weighted by molar-refractivity contribution is -0.136. The minimum Gasteiger partial charge on any atom is -0.466 e. The molecule has 2 heterocycles. The summed E-state index contributed by atoms with van der Waals surface area (Å²) < 4.78 is 19.5. The van der Waals surface area contributed by atoms with Gasteiger partial charge in [-0.25, -0.2) is 9.18 Å². The van der Waals surface area contributed by atoms with Gasteiger partial charge < -0.3 is 29.9 Å². The van der Waals surface area contributed by atoms with Crippen LogP contribution in [0.3, 0.4) is 0 Å². The fraction of sp³-hybridized carbons (Fsp3) is 0.474. The smallest absolute Gasteiger partial charge is 0.337 e. The number of carbonyl (C=O) groups excluding carboxylic acids is 2. The quantitative estimate of drug-likeness (QED) is 0.672. The van der Waals surface area contributed by atoms with E-state index in [2.05, 4.69) is 15.1 Å². The van der Waals surface area contributed by atoms with E-state index < -0.39 is 17.7 Å². The van der Waals surface area contributed by atoms with Gasteiger partial charge in [0.2, 0.25) is 0 Å². The van der Waals surface area contributed by atoms with Crippen LogP contribution in [-0.4, -0.2) is 86.8 Å². The first-order chi connectivity index (χ1) is 13.5. The predicted octanol–water partition coefficient (Wildman–Crippen LogP) is 0.251. The Hall–Kier alpha value is -2.65. The predicted molar refractivity (Wildman–Crippen MR) is 102 cm³/mol. The molecule has 9 heteroatoms. The van der Waals surface area contributed by atoms with Crippen molar-refractivity contribution in [1.29, 1.82) is 0 Å². The van der Waals surface area contributed by atoms with Crippen molar-refractivity contribution in [3.8, 4) is 0 Å². The number of piperazine rings is 1. The molecule has 3 rings (SSSR count). The van der Waals surface area contributed by atoms with Gasteiger partial charge >= 0.3 is 5.97 Å². The fourth-order valence-corrected chi connectivity index (χ4v) is 3.42. The number of para-hydroxylation sites is 1. The molecule has 0 radical (unpaired) electrons.